The van der Waals surface area contributed by atoms with Crippen LogP contribution in [0.3, 0.4) is 0 Å². The van der Waals surface area contributed by atoms with Crippen LogP contribution in [-0.2, 0) is 6.54 Å². The molecule has 1 aliphatic heterocycles. The molecule has 4 rings (SSSR count). The van der Waals surface area contributed by atoms with E-state index in [-0.39, 0.29) is 5.91 Å². The fourth-order valence-electron chi connectivity index (χ4n) is 3.09. The zero-order valence-corrected chi connectivity index (χ0v) is 15.4. The summed E-state index contributed by atoms with van der Waals surface area (Å²) in [6, 6.07) is 11.4. The molecule has 8 nitrogen and oxygen atoms in total. The number of nitrogens with one attached hydrogen (secondary N) is 1. The molecule has 3 aromatic heterocycles. The molecule has 0 unspecified atom stereocenters. The lowest BCUT2D eigenvalue weighted by atomic mass is 10.2. The van der Waals surface area contributed by atoms with Crippen LogP contribution < -0.4 is 10.2 Å². The Bertz CT molecular complexity index is 912. The Balaban J connectivity index is 1.36. The van der Waals surface area contributed by atoms with E-state index in [2.05, 4.69) is 30.2 Å². The highest BCUT2D eigenvalue weighted by molar-refractivity contribution is 5.92. The third kappa shape index (κ3) is 4.22. The summed E-state index contributed by atoms with van der Waals surface area (Å²) in [6.07, 6.45) is 6.90. The van der Waals surface area contributed by atoms with E-state index < -0.39 is 0 Å². The number of carbonyl (C=O) groups excluding carboxylic acids is 1. The first-order valence-electron chi connectivity index (χ1n) is 9.21. The molecule has 1 N–H and O–H groups in total. The highest BCUT2D eigenvalue weighted by Gasteiger charge is 2.23. The fourth-order valence-corrected chi connectivity index (χ4v) is 3.09. The van der Waals surface area contributed by atoms with Crippen molar-refractivity contribution in [3.63, 3.8) is 0 Å². The molecule has 1 saturated heterocycles. The molecule has 0 aromatic carbocycles. The van der Waals surface area contributed by atoms with Crippen LogP contribution in [0.4, 0.5) is 11.8 Å². The molecule has 0 radical (unpaired) electrons. The smallest absolute Gasteiger partial charge is 0.272 e. The summed E-state index contributed by atoms with van der Waals surface area (Å²) in [4.78, 5) is 33.9. The van der Waals surface area contributed by atoms with Gasteiger partial charge in [0.05, 0.1) is 0 Å². The largest absolute Gasteiger partial charge is 0.353 e. The molecule has 0 aliphatic carbocycles. The monoisotopic (exact) mass is 375 g/mol. The first-order chi connectivity index (χ1) is 13.8. The van der Waals surface area contributed by atoms with Crippen LogP contribution in [0, 0.1) is 0 Å². The van der Waals surface area contributed by atoms with Crippen LogP contribution in [0.2, 0.25) is 0 Å². The standard InChI is InChI=1S/C20H21N7O/c28-19(27-12-10-26(11-13-27)18-5-1-2-8-22-18)17-6-9-23-20(25-17)24-15-16-4-3-7-21-14-16/h1-9,14H,10-13,15H2,(H,23,24,25). The third-order valence-corrected chi connectivity index (χ3v) is 4.59. The molecule has 1 aliphatic rings. The van der Waals surface area contributed by atoms with E-state index >= 15 is 0 Å². The van der Waals surface area contributed by atoms with Crippen molar-refractivity contribution >= 4 is 17.7 Å². The van der Waals surface area contributed by atoms with Crippen molar-refractivity contribution < 1.29 is 4.79 Å². The molecule has 0 bridgehead atoms. The molecular formula is C20H21N7O. The summed E-state index contributed by atoms with van der Waals surface area (Å²) in [5.41, 5.74) is 1.42. The third-order valence-electron chi connectivity index (χ3n) is 4.59. The number of nitrogens with zero attached hydrogens (tertiary/aromatic N) is 6. The first-order valence-corrected chi connectivity index (χ1v) is 9.21. The average molecular weight is 375 g/mol. The average Bonchev–Trinajstić information content (AvgIpc) is 2.79. The van der Waals surface area contributed by atoms with Gasteiger partial charge in [-0.1, -0.05) is 12.1 Å². The minimum absolute atomic E-state index is 0.0764. The molecule has 0 atom stereocenters. The normalized spacial score (nSPS) is 14.0. The summed E-state index contributed by atoms with van der Waals surface area (Å²) in [5, 5.41) is 3.14. The number of anilines is 2. The predicted molar refractivity (Wildman–Crippen MR) is 106 cm³/mol. The molecule has 4 heterocycles. The maximum absolute atomic E-state index is 12.8. The quantitative estimate of drug-likeness (QED) is 0.728. The number of aromatic nitrogens is 4. The van der Waals surface area contributed by atoms with Crippen molar-refractivity contribution in [3.05, 3.63) is 72.4 Å². The maximum Gasteiger partial charge on any atom is 0.272 e. The van der Waals surface area contributed by atoms with Crippen molar-refractivity contribution in [2.45, 2.75) is 6.54 Å². The van der Waals surface area contributed by atoms with Gasteiger partial charge in [0.2, 0.25) is 5.95 Å². The Morgan fingerprint density at radius 3 is 2.61 bits per heavy atom. The van der Waals surface area contributed by atoms with Gasteiger partial charge >= 0.3 is 0 Å². The van der Waals surface area contributed by atoms with Gasteiger partial charge in [-0.15, -0.1) is 0 Å². The zero-order chi connectivity index (χ0) is 19.2. The molecule has 0 spiro atoms. The Morgan fingerprint density at radius 1 is 0.964 bits per heavy atom. The van der Waals surface area contributed by atoms with E-state index in [9.17, 15) is 4.79 Å². The van der Waals surface area contributed by atoms with Crippen LogP contribution in [0.1, 0.15) is 16.1 Å². The number of rotatable bonds is 5. The summed E-state index contributed by atoms with van der Waals surface area (Å²) in [7, 11) is 0. The van der Waals surface area contributed by atoms with E-state index in [1.54, 1.807) is 30.9 Å². The lowest BCUT2D eigenvalue weighted by molar-refractivity contribution is 0.0740. The van der Waals surface area contributed by atoms with Crippen LogP contribution in [0.25, 0.3) is 0 Å². The molecule has 0 saturated carbocycles. The van der Waals surface area contributed by atoms with Gasteiger partial charge < -0.3 is 15.1 Å². The summed E-state index contributed by atoms with van der Waals surface area (Å²) < 4.78 is 0. The van der Waals surface area contributed by atoms with E-state index in [1.165, 1.54) is 0 Å². The Hall–Kier alpha value is -3.55. The second kappa shape index (κ2) is 8.43. The van der Waals surface area contributed by atoms with E-state index in [0.29, 0.717) is 31.3 Å². The number of hydrogen-bond donors (Lipinski definition) is 1. The predicted octanol–water partition coefficient (Wildman–Crippen LogP) is 1.84. The lowest BCUT2D eigenvalue weighted by Crippen LogP contribution is -2.49. The lowest BCUT2D eigenvalue weighted by Gasteiger charge is -2.35. The molecule has 28 heavy (non-hydrogen) atoms. The molecule has 3 aromatic rings. The second-order valence-corrected chi connectivity index (χ2v) is 6.45. The van der Waals surface area contributed by atoms with Gasteiger partial charge in [-0.3, -0.25) is 9.78 Å². The molecule has 8 heteroatoms. The van der Waals surface area contributed by atoms with Crippen molar-refractivity contribution in [2.24, 2.45) is 0 Å². The number of carbonyl (C=O) groups is 1. The van der Waals surface area contributed by atoms with Crippen LogP contribution in [0.15, 0.2) is 61.2 Å². The fraction of sp³-hybridized carbons (Fsp3) is 0.250. The van der Waals surface area contributed by atoms with Gasteiger partial charge in [0.15, 0.2) is 0 Å². The maximum atomic E-state index is 12.8. The first kappa shape index (κ1) is 17.8. The Labute approximate surface area is 163 Å². The van der Waals surface area contributed by atoms with E-state index in [0.717, 1.165) is 24.5 Å². The zero-order valence-electron chi connectivity index (χ0n) is 15.4. The molecule has 1 fully saturated rings. The Morgan fingerprint density at radius 2 is 1.86 bits per heavy atom. The van der Waals surface area contributed by atoms with E-state index in [1.807, 2.05) is 35.2 Å². The molecule has 1 amide bonds. The van der Waals surface area contributed by atoms with Gasteiger partial charge in [0, 0.05) is 57.5 Å². The van der Waals surface area contributed by atoms with E-state index in [4.69, 9.17) is 0 Å². The second-order valence-electron chi connectivity index (χ2n) is 6.45. The van der Waals surface area contributed by atoms with Gasteiger partial charge in [0.25, 0.3) is 5.91 Å². The van der Waals surface area contributed by atoms with Crippen LogP contribution in [-0.4, -0.2) is 56.9 Å². The van der Waals surface area contributed by atoms with Crippen molar-refractivity contribution in [1.82, 2.24) is 24.8 Å². The number of hydrogen-bond acceptors (Lipinski definition) is 7. The van der Waals surface area contributed by atoms with Gasteiger partial charge in [0.1, 0.15) is 11.5 Å². The molecule has 142 valence electrons. The van der Waals surface area contributed by atoms with Crippen molar-refractivity contribution in [3.8, 4) is 0 Å². The van der Waals surface area contributed by atoms with Gasteiger partial charge in [-0.25, -0.2) is 15.0 Å². The minimum Gasteiger partial charge on any atom is -0.353 e. The summed E-state index contributed by atoms with van der Waals surface area (Å²) >= 11 is 0. The minimum atomic E-state index is -0.0764. The number of pyridine rings is 2. The topological polar surface area (TPSA) is 87.1 Å². The van der Waals surface area contributed by atoms with Gasteiger partial charge in [-0.2, -0.15) is 0 Å². The summed E-state index contributed by atoms with van der Waals surface area (Å²) in [5.74, 6) is 1.30. The van der Waals surface area contributed by atoms with Crippen LogP contribution in [0.5, 0.6) is 0 Å². The highest BCUT2D eigenvalue weighted by Crippen LogP contribution is 2.14. The van der Waals surface area contributed by atoms with Crippen LogP contribution >= 0.6 is 0 Å². The SMILES string of the molecule is O=C(c1ccnc(NCc2cccnc2)n1)N1CCN(c2ccccn2)CC1. The van der Waals surface area contributed by atoms with Crippen molar-refractivity contribution in [1.29, 1.82) is 0 Å². The number of piperazine rings is 1. The summed E-state index contributed by atoms with van der Waals surface area (Å²) in [6.45, 7) is 3.32. The number of amides is 1. The highest BCUT2D eigenvalue weighted by atomic mass is 16.2. The van der Waals surface area contributed by atoms with Gasteiger partial charge in [-0.05, 0) is 29.8 Å². The van der Waals surface area contributed by atoms with Crippen molar-refractivity contribution in [2.75, 3.05) is 36.4 Å². The Kier molecular flexibility index (Phi) is 5.37. The molecular weight excluding hydrogens is 354 g/mol.